The van der Waals surface area contributed by atoms with Gasteiger partial charge in [-0.25, -0.2) is 8.42 Å². The minimum absolute atomic E-state index is 0.257. The highest BCUT2D eigenvalue weighted by molar-refractivity contribution is 9.11. The van der Waals surface area contributed by atoms with E-state index in [1.165, 1.54) is 0 Å². The summed E-state index contributed by atoms with van der Waals surface area (Å²) in [4.78, 5) is 0. The van der Waals surface area contributed by atoms with Gasteiger partial charge in [-0.3, -0.25) is 4.72 Å². The Morgan fingerprint density at radius 3 is 2.57 bits per heavy atom. The van der Waals surface area contributed by atoms with E-state index in [2.05, 4.69) is 20.7 Å². The Bertz CT molecular complexity index is 711. The largest absolute Gasteiger partial charge is 0.491 e. The van der Waals surface area contributed by atoms with Gasteiger partial charge in [-0.05, 0) is 46.1 Å². The zero-order chi connectivity index (χ0) is 15.5. The lowest BCUT2D eigenvalue weighted by Gasteiger charge is -2.14. The summed E-state index contributed by atoms with van der Waals surface area (Å²) in [5.41, 5.74) is 0.447. The van der Waals surface area contributed by atoms with Gasteiger partial charge in [0.15, 0.2) is 0 Å². The fourth-order valence-corrected chi connectivity index (χ4v) is 4.65. The van der Waals surface area contributed by atoms with Gasteiger partial charge in [-0.15, -0.1) is 11.3 Å². The van der Waals surface area contributed by atoms with Crippen LogP contribution in [0.2, 0.25) is 0 Å². The average molecular weight is 390 g/mol. The number of hydrogen-bond donors (Lipinski definition) is 1. The first-order valence-corrected chi connectivity index (χ1v) is 9.48. The second-order valence-corrected chi connectivity index (χ2v) is 9.24. The summed E-state index contributed by atoms with van der Waals surface area (Å²) < 4.78 is 33.9. The number of sulfonamides is 1. The number of anilines is 1. The van der Waals surface area contributed by atoms with E-state index >= 15 is 0 Å². The van der Waals surface area contributed by atoms with Crippen LogP contribution in [0.5, 0.6) is 5.75 Å². The first-order chi connectivity index (χ1) is 9.88. The molecule has 0 aliphatic carbocycles. The van der Waals surface area contributed by atoms with Gasteiger partial charge in [0.05, 0.1) is 16.1 Å². The smallest absolute Gasteiger partial charge is 0.271 e. The highest BCUT2D eigenvalue weighted by Gasteiger charge is 2.18. The van der Waals surface area contributed by atoms with Crippen LogP contribution in [0.1, 0.15) is 13.8 Å². The molecule has 0 saturated carbocycles. The number of para-hydroxylation sites is 2. The van der Waals surface area contributed by atoms with Crippen molar-refractivity contribution < 1.29 is 13.2 Å². The molecule has 2 aromatic rings. The van der Waals surface area contributed by atoms with Crippen molar-refractivity contribution in [1.29, 1.82) is 0 Å². The van der Waals surface area contributed by atoms with Crippen molar-refractivity contribution >= 4 is 43.0 Å². The van der Waals surface area contributed by atoms with Crippen LogP contribution >= 0.6 is 27.3 Å². The SMILES string of the molecule is CC(C)COc1ccccc1NS(=O)(=O)c1ccc(Br)s1. The van der Waals surface area contributed by atoms with Crippen LogP contribution in [-0.2, 0) is 10.0 Å². The molecule has 1 aromatic carbocycles. The Balaban J connectivity index is 2.23. The van der Waals surface area contributed by atoms with E-state index in [1.54, 1.807) is 30.3 Å². The first-order valence-electron chi connectivity index (χ1n) is 6.38. The maximum absolute atomic E-state index is 12.3. The summed E-state index contributed by atoms with van der Waals surface area (Å²) in [6, 6.07) is 10.3. The van der Waals surface area contributed by atoms with Gasteiger partial charge in [0, 0.05) is 0 Å². The number of ether oxygens (including phenoxy) is 1. The molecule has 1 N–H and O–H groups in total. The molecular formula is C14H16BrNO3S2. The van der Waals surface area contributed by atoms with Gasteiger partial charge >= 0.3 is 0 Å². The zero-order valence-corrected chi connectivity index (χ0v) is 14.9. The van der Waals surface area contributed by atoms with Crippen molar-refractivity contribution in [2.75, 3.05) is 11.3 Å². The molecule has 0 radical (unpaired) electrons. The van der Waals surface area contributed by atoms with Crippen LogP contribution in [0.25, 0.3) is 0 Å². The predicted molar refractivity (Wildman–Crippen MR) is 89.6 cm³/mol. The van der Waals surface area contributed by atoms with Crippen LogP contribution in [0.3, 0.4) is 0 Å². The molecule has 0 fully saturated rings. The van der Waals surface area contributed by atoms with E-state index in [4.69, 9.17) is 4.74 Å². The standard InChI is InChI=1S/C14H16BrNO3S2/c1-10(2)9-19-12-6-4-3-5-11(12)16-21(17,18)14-8-7-13(15)20-14/h3-8,10,16H,9H2,1-2H3. The first kappa shape index (κ1) is 16.3. The van der Waals surface area contributed by atoms with Gasteiger partial charge < -0.3 is 4.74 Å². The fraction of sp³-hybridized carbons (Fsp3) is 0.286. The summed E-state index contributed by atoms with van der Waals surface area (Å²) in [5.74, 6) is 0.897. The van der Waals surface area contributed by atoms with Gasteiger partial charge in [0.1, 0.15) is 9.96 Å². The second kappa shape index (κ2) is 6.81. The lowest BCUT2D eigenvalue weighted by atomic mass is 10.2. The van der Waals surface area contributed by atoms with E-state index < -0.39 is 10.0 Å². The quantitative estimate of drug-likeness (QED) is 0.798. The van der Waals surface area contributed by atoms with E-state index in [0.717, 1.165) is 15.1 Å². The predicted octanol–water partition coefficient (Wildman–Crippen LogP) is 4.35. The molecule has 114 valence electrons. The molecule has 0 saturated heterocycles. The third-order valence-electron chi connectivity index (χ3n) is 2.52. The van der Waals surface area contributed by atoms with Crippen molar-refractivity contribution in [2.45, 2.75) is 18.1 Å². The summed E-state index contributed by atoms with van der Waals surface area (Å²) in [6.45, 7) is 4.61. The van der Waals surface area contributed by atoms with Crippen LogP contribution in [0.15, 0.2) is 44.4 Å². The molecule has 2 rings (SSSR count). The molecular weight excluding hydrogens is 374 g/mol. The average Bonchev–Trinajstić information content (AvgIpc) is 2.85. The number of nitrogens with one attached hydrogen (secondary N) is 1. The maximum atomic E-state index is 12.3. The fourth-order valence-electron chi connectivity index (χ4n) is 1.57. The molecule has 1 heterocycles. The molecule has 0 atom stereocenters. The van der Waals surface area contributed by atoms with Crippen molar-refractivity contribution in [3.63, 3.8) is 0 Å². The van der Waals surface area contributed by atoms with Crippen LogP contribution in [-0.4, -0.2) is 15.0 Å². The third kappa shape index (κ3) is 4.46. The van der Waals surface area contributed by atoms with Crippen LogP contribution in [0.4, 0.5) is 5.69 Å². The van der Waals surface area contributed by atoms with Gasteiger partial charge in [0.25, 0.3) is 10.0 Å². The Kier molecular flexibility index (Phi) is 5.29. The number of benzene rings is 1. The topological polar surface area (TPSA) is 55.4 Å². The maximum Gasteiger partial charge on any atom is 0.271 e. The molecule has 0 amide bonds. The number of rotatable bonds is 6. The van der Waals surface area contributed by atoms with Gasteiger partial charge in [-0.2, -0.15) is 0 Å². The van der Waals surface area contributed by atoms with Crippen molar-refractivity contribution in [3.05, 3.63) is 40.2 Å². The third-order valence-corrected chi connectivity index (χ3v) is 6.00. The zero-order valence-electron chi connectivity index (χ0n) is 11.7. The number of thiophene rings is 1. The monoisotopic (exact) mass is 389 g/mol. The second-order valence-electron chi connectivity index (χ2n) is 4.87. The van der Waals surface area contributed by atoms with Gasteiger partial charge in [-0.1, -0.05) is 26.0 Å². The normalized spacial score (nSPS) is 11.6. The minimum atomic E-state index is -3.60. The Morgan fingerprint density at radius 2 is 1.95 bits per heavy atom. The Morgan fingerprint density at radius 1 is 1.24 bits per heavy atom. The lowest BCUT2D eigenvalue weighted by molar-refractivity contribution is 0.272. The van der Waals surface area contributed by atoms with Crippen LogP contribution < -0.4 is 9.46 Å². The Hall–Kier alpha value is -1.05. The molecule has 21 heavy (non-hydrogen) atoms. The number of halogens is 1. The van der Waals surface area contributed by atoms with E-state index in [0.29, 0.717) is 24.0 Å². The Labute approximate surface area is 137 Å². The molecule has 0 aliphatic heterocycles. The lowest BCUT2D eigenvalue weighted by Crippen LogP contribution is -2.13. The highest BCUT2D eigenvalue weighted by atomic mass is 79.9. The van der Waals surface area contributed by atoms with Crippen molar-refractivity contribution in [1.82, 2.24) is 0 Å². The summed E-state index contributed by atoms with van der Waals surface area (Å²) >= 11 is 4.43. The van der Waals surface area contributed by atoms with E-state index in [9.17, 15) is 8.42 Å². The van der Waals surface area contributed by atoms with Crippen molar-refractivity contribution in [3.8, 4) is 5.75 Å². The van der Waals surface area contributed by atoms with E-state index in [1.807, 2.05) is 19.9 Å². The van der Waals surface area contributed by atoms with E-state index in [-0.39, 0.29) is 4.21 Å². The summed E-state index contributed by atoms with van der Waals surface area (Å²) in [7, 11) is -3.60. The van der Waals surface area contributed by atoms with Gasteiger partial charge in [0.2, 0.25) is 0 Å². The van der Waals surface area contributed by atoms with Crippen molar-refractivity contribution in [2.24, 2.45) is 5.92 Å². The molecule has 4 nitrogen and oxygen atoms in total. The highest BCUT2D eigenvalue weighted by Crippen LogP contribution is 2.30. The molecule has 1 aromatic heterocycles. The molecule has 0 spiro atoms. The summed E-state index contributed by atoms with van der Waals surface area (Å²) in [5, 5.41) is 0. The molecule has 0 bridgehead atoms. The molecule has 0 unspecified atom stereocenters. The minimum Gasteiger partial charge on any atom is -0.491 e. The summed E-state index contributed by atoms with van der Waals surface area (Å²) in [6.07, 6.45) is 0. The molecule has 0 aliphatic rings. The molecule has 7 heteroatoms. The van der Waals surface area contributed by atoms with Crippen LogP contribution in [0, 0.1) is 5.92 Å². The number of hydrogen-bond acceptors (Lipinski definition) is 4.